The second-order valence-electron chi connectivity index (χ2n) is 5.56. The largest absolute Gasteiger partial charge is 0.341 e. The molecule has 15 heavy (non-hydrogen) atoms. The molecule has 0 aromatic carbocycles. The third kappa shape index (κ3) is 2.17. The molecule has 3 nitrogen and oxygen atoms in total. The van der Waals surface area contributed by atoms with E-state index in [4.69, 9.17) is 5.73 Å². The number of hydrogen-bond acceptors (Lipinski definition) is 2. The average molecular weight is 210 g/mol. The summed E-state index contributed by atoms with van der Waals surface area (Å²) in [7, 11) is 0. The molecule has 1 saturated heterocycles. The van der Waals surface area contributed by atoms with Crippen LogP contribution in [0.3, 0.4) is 0 Å². The summed E-state index contributed by atoms with van der Waals surface area (Å²) in [4.78, 5) is 14.2. The van der Waals surface area contributed by atoms with E-state index in [2.05, 4.69) is 6.92 Å². The summed E-state index contributed by atoms with van der Waals surface area (Å²) in [5.41, 5.74) is 5.55. The Labute approximate surface area is 92.0 Å². The first-order valence-electron chi connectivity index (χ1n) is 6.10. The van der Waals surface area contributed by atoms with E-state index < -0.39 is 5.54 Å². The minimum atomic E-state index is -0.600. The molecule has 1 saturated carbocycles. The lowest BCUT2D eigenvalue weighted by Gasteiger charge is -2.36. The van der Waals surface area contributed by atoms with Crippen molar-refractivity contribution in [3.63, 3.8) is 0 Å². The zero-order chi connectivity index (χ0) is 11.1. The Kier molecular flexibility index (Phi) is 2.75. The minimum absolute atomic E-state index is 0.177. The number of likely N-dealkylation sites (tertiary alicyclic amines) is 1. The van der Waals surface area contributed by atoms with Gasteiger partial charge in [-0.25, -0.2) is 0 Å². The van der Waals surface area contributed by atoms with Crippen LogP contribution in [0.25, 0.3) is 0 Å². The fraction of sp³-hybridized carbons (Fsp3) is 0.917. The molecule has 2 N–H and O–H groups in total. The van der Waals surface area contributed by atoms with E-state index in [1.54, 1.807) is 0 Å². The Balaban J connectivity index is 1.99. The molecule has 0 radical (unpaired) electrons. The van der Waals surface area contributed by atoms with Gasteiger partial charge in [-0.3, -0.25) is 4.79 Å². The van der Waals surface area contributed by atoms with Crippen LogP contribution in [-0.4, -0.2) is 29.4 Å². The molecule has 3 heteroatoms. The maximum absolute atomic E-state index is 12.2. The molecule has 0 aromatic rings. The standard InChI is InChI=1S/C12H22N2O/c1-9-4-3-7-14(8-9)11(15)12(2,13)10-5-6-10/h9-10H,3-8,13H2,1-2H3. The molecular formula is C12H22N2O. The molecule has 0 aromatic heterocycles. The van der Waals surface area contributed by atoms with E-state index >= 15 is 0 Å². The molecule has 2 unspecified atom stereocenters. The van der Waals surface area contributed by atoms with Crippen molar-refractivity contribution >= 4 is 5.91 Å². The highest BCUT2D eigenvalue weighted by molar-refractivity contribution is 5.86. The second kappa shape index (κ2) is 3.78. The first-order valence-corrected chi connectivity index (χ1v) is 6.10. The van der Waals surface area contributed by atoms with Crippen LogP contribution < -0.4 is 5.73 Å². The predicted molar refractivity (Wildman–Crippen MR) is 60.3 cm³/mol. The average Bonchev–Trinajstić information content (AvgIpc) is 2.99. The third-order valence-electron chi connectivity index (χ3n) is 3.83. The molecule has 1 aliphatic carbocycles. The molecule has 1 heterocycles. The topological polar surface area (TPSA) is 46.3 Å². The summed E-state index contributed by atoms with van der Waals surface area (Å²) >= 11 is 0. The third-order valence-corrected chi connectivity index (χ3v) is 3.83. The Hall–Kier alpha value is -0.570. The number of carbonyl (C=O) groups is 1. The number of amides is 1. The van der Waals surface area contributed by atoms with Crippen molar-refractivity contribution in [1.29, 1.82) is 0 Å². The van der Waals surface area contributed by atoms with Crippen LogP contribution in [0.2, 0.25) is 0 Å². The quantitative estimate of drug-likeness (QED) is 0.748. The van der Waals surface area contributed by atoms with Crippen LogP contribution in [0.1, 0.15) is 39.5 Å². The molecule has 1 aliphatic heterocycles. The van der Waals surface area contributed by atoms with Crippen LogP contribution in [0.4, 0.5) is 0 Å². The lowest BCUT2D eigenvalue weighted by atomic mass is 9.92. The van der Waals surface area contributed by atoms with Crippen LogP contribution in [0, 0.1) is 11.8 Å². The van der Waals surface area contributed by atoms with Crippen LogP contribution in [0.15, 0.2) is 0 Å². The lowest BCUT2D eigenvalue weighted by Crippen LogP contribution is -2.56. The van der Waals surface area contributed by atoms with Crippen LogP contribution in [-0.2, 0) is 4.79 Å². The maximum atomic E-state index is 12.2. The van der Waals surface area contributed by atoms with Crippen molar-refractivity contribution in [3.05, 3.63) is 0 Å². The zero-order valence-electron chi connectivity index (χ0n) is 9.83. The van der Waals surface area contributed by atoms with E-state index in [1.165, 1.54) is 6.42 Å². The SMILES string of the molecule is CC1CCCN(C(=O)C(C)(N)C2CC2)C1. The summed E-state index contributed by atoms with van der Waals surface area (Å²) in [6.45, 7) is 5.93. The van der Waals surface area contributed by atoms with Crippen molar-refractivity contribution in [2.24, 2.45) is 17.6 Å². The van der Waals surface area contributed by atoms with Gasteiger partial charge in [0.25, 0.3) is 0 Å². The molecule has 2 rings (SSSR count). The van der Waals surface area contributed by atoms with Gasteiger partial charge in [0.2, 0.25) is 5.91 Å². The van der Waals surface area contributed by atoms with E-state index in [-0.39, 0.29) is 5.91 Å². The second-order valence-corrected chi connectivity index (χ2v) is 5.56. The van der Waals surface area contributed by atoms with Gasteiger partial charge in [-0.05, 0) is 44.4 Å². The van der Waals surface area contributed by atoms with Gasteiger partial charge in [0.05, 0.1) is 5.54 Å². The van der Waals surface area contributed by atoms with Gasteiger partial charge < -0.3 is 10.6 Å². The van der Waals surface area contributed by atoms with E-state index in [0.717, 1.165) is 32.4 Å². The predicted octanol–water partition coefficient (Wildman–Crippen LogP) is 1.37. The molecular weight excluding hydrogens is 188 g/mol. The highest BCUT2D eigenvalue weighted by atomic mass is 16.2. The summed E-state index contributed by atoms with van der Waals surface area (Å²) in [6.07, 6.45) is 4.63. The highest BCUT2D eigenvalue weighted by Crippen LogP contribution is 2.39. The Morgan fingerprint density at radius 3 is 2.60 bits per heavy atom. The number of carbonyl (C=O) groups excluding carboxylic acids is 1. The Morgan fingerprint density at radius 1 is 1.40 bits per heavy atom. The first kappa shape index (κ1) is 10.9. The van der Waals surface area contributed by atoms with Crippen LogP contribution >= 0.6 is 0 Å². The van der Waals surface area contributed by atoms with Gasteiger partial charge >= 0.3 is 0 Å². The zero-order valence-corrected chi connectivity index (χ0v) is 9.83. The highest BCUT2D eigenvalue weighted by Gasteiger charge is 2.46. The van der Waals surface area contributed by atoms with Crippen molar-refractivity contribution in [1.82, 2.24) is 4.90 Å². The van der Waals surface area contributed by atoms with E-state index in [9.17, 15) is 4.79 Å². The Morgan fingerprint density at radius 2 is 2.07 bits per heavy atom. The van der Waals surface area contributed by atoms with Gasteiger partial charge in [0.15, 0.2) is 0 Å². The summed E-state index contributed by atoms with van der Waals surface area (Å²) in [6, 6.07) is 0. The molecule has 0 bridgehead atoms. The summed E-state index contributed by atoms with van der Waals surface area (Å²) in [5, 5.41) is 0. The Bertz CT molecular complexity index is 258. The summed E-state index contributed by atoms with van der Waals surface area (Å²) in [5.74, 6) is 1.25. The van der Waals surface area contributed by atoms with E-state index in [1.807, 2.05) is 11.8 Å². The maximum Gasteiger partial charge on any atom is 0.242 e. The number of nitrogens with zero attached hydrogens (tertiary/aromatic N) is 1. The number of nitrogens with two attached hydrogens (primary N) is 1. The van der Waals surface area contributed by atoms with Gasteiger partial charge in [-0.1, -0.05) is 6.92 Å². The van der Waals surface area contributed by atoms with Crippen molar-refractivity contribution < 1.29 is 4.79 Å². The molecule has 2 fully saturated rings. The molecule has 2 aliphatic rings. The van der Waals surface area contributed by atoms with Crippen molar-refractivity contribution in [2.45, 2.75) is 45.1 Å². The van der Waals surface area contributed by atoms with Crippen molar-refractivity contribution in [2.75, 3.05) is 13.1 Å². The smallest absolute Gasteiger partial charge is 0.242 e. The van der Waals surface area contributed by atoms with Crippen LogP contribution in [0.5, 0.6) is 0 Å². The lowest BCUT2D eigenvalue weighted by molar-refractivity contribution is -0.138. The summed E-state index contributed by atoms with van der Waals surface area (Å²) < 4.78 is 0. The monoisotopic (exact) mass is 210 g/mol. The number of rotatable bonds is 2. The normalized spacial score (nSPS) is 31.1. The minimum Gasteiger partial charge on any atom is -0.341 e. The first-order chi connectivity index (χ1) is 7.01. The molecule has 1 amide bonds. The van der Waals surface area contributed by atoms with E-state index in [0.29, 0.717) is 11.8 Å². The molecule has 0 spiro atoms. The van der Waals surface area contributed by atoms with Gasteiger partial charge in [-0.15, -0.1) is 0 Å². The molecule has 86 valence electrons. The number of piperidine rings is 1. The van der Waals surface area contributed by atoms with Gasteiger partial charge in [-0.2, -0.15) is 0 Å². The fourth-order valence-corrected chi connectivity index (χ4v) is 2.57. The fourth-order valence-electron chi connectivity index (χ4n) is 2.57. The van der Waals surface area contributed by atoms with Gasteiger partial charge in [0.1, 0.15) is 0 Å². The molecule has 2 atom stereocenters. The number of hydrogen-bond donors (Lipinski definition) is 1. The van der Waals surface area contributed by atoms with Gasteiger partial charge in [0, 0.05) is 13.1 Å². The van der Waals surface area contributed by atoms with Crippen molar-refractivity contribution in [3.8, 4) is 0 Å².